The Morgan fingerprint density at radius 2 is 1.61 bits per heavy atom. The molecule has 1 heterocycles. The molecule has 9 heteroatoms. The Kier molecular flexibility index (Phi) is 12.5. The maximum absolute atomic E-state index is 13.9. The number of ether oxygens (including phenoxy) is 1. The molecule has 2 atom stereocenters. The van der Waals surface area contributed by atoms with Gasteiger partial charge in [-0.15, -0.1) is 0 Å². The summed E-state index contributed by atoms with van der Waals surface area (Å²) in [7, 11) is 0. The van der Waals surface area contributed by atoms with Crippen molar-refractivity contribution in [3.8, 4) is 11.3 Å². The molecule has 0 radical (unpaired) electrons. The van der Waals surface area contributed by atoms with Gasteiger partial charge in [0.15, 0.2) is 0 Å². The van der Waals surface area contributed by atoms with Crippen LogP contribution >= 0.6 is 0 Å². The molecule has 1 amide bonds. The van der Waals surface area contributed by atoms with Crippen LogP contribution in [-0.4, -0.2) is 53.5 Å². The standard InChI is InChI=1S/C37H42F2N4O3/c1-4-13-43(14-5-2)36(44)29-15-25(3)16-30(21-29)37(45)46-35(33(40)20-27-18-31(38)22-32(39)19-27)24-41-23-26-9-8-10-28(17-26)34-11-6-7-12-42-34/h6-12,15-19,21-22,33,35,41H,4-5,13-14,20,23-24,40H2,1-3H3. The molecule has 0 aliphatic heterocycles. The molecule has 3 N–H and O–H groups in total. The van der Waals surface area contributed by atoms with Crippen molar-refractivity contribution in [3.63, 3.8) is 0 Å². The predicted molar refractivity (Wildman–Crippen MR) is 176 cm³/mol. The molecule has 0 aliphatic rings. The number of carbonyl (C=O) groups excluding carboxylic acids is 2. The van der Waals surface area contributed by atoms with E-state index in [1.165, 1.54) is 12.1 Å². The summed E-state index contributed by atoms with van der Waals surface area (Å²) >= 11 is 0. The maximum atomic E-state index is 13.9. The minimum absolute atomic E-state index is 0.0734. The molecule has 4 rings (SSSR count). The van der Waals surface area contributed by atoms with Crippen molar-refractivity contribution in [3.05, 3.63) is 125 Å². The van der Waals surface area contributed by atoms with Crippen LogP contribution in [0.25, 0.3) is 11.3 Å². The summed E-state index contributed by atoms with van der Waals surface area (Å²) in [6.07, 6.45) is 2.60. The van der Waals surface area contributed by atoms with Crippen molar-refractivity contribution in [1.82, 2.24) is 15.2 Å². The summed E-state index contributed by atoms with van der Waals surface area (Å²) < 4.78 is 33.8. The molecule has 0 saturated carbocycles. The first-order valence-electron chi connectivity index (χ1n) is 15.7. The van der Waals surface area contributed by atoms with Gasteiger partial charge in [-0.1, -0.05) is 38.1 Å². The Hall–Kier alpha value is -4.47. The zero-order valence-electron chi connectivity index (χ0n) is 26.6. The van der Waals surface area contributed by atoms with Gasteiger partial charge < -0.3 is 20.7 Å². The second-order valence-corrected chi connectivity index (χ2v) is 11.5. The summed E-state index contributed by atoms with van der Waals surface area (Å²) in [4.78, 5) is 33.1. The van der Waals surface area contributed by atoms with Crippen LogP contribution in [0.1, 0.15) is 64.1 Å². The first-order chi connectivity index (χ1) is 22.2. The van der Waals surface area contributed by atoms with Gasteiger partial charge >= 0.3 is 5.97 Å². The SMILES string of the molecule is CCCN(CCC)C(=O)c1cc(C)cc(C(=O)OC(CNCc2cccc(-c3ccccn3)c2)C(N)Cc2cc(F)cc(F)c2)c1. The number of amides is 1. The number of halogens is 2. The molecule has 3 aromatic carbocycles. The Labute approximate surface area is 269 Å². The Morgan fingerprint density at radius 1 is 0.891 bits per heavy atom. The van der Waals surface area contributed by atoms with E-state index in [1.54, 1.807) is 29.3 Å². The summed E-state index contributed by atoms with van der Waals surface area (Å²) in [5, 5.41) is 3.32. The fourth-order valence-electron chi connectivity index (χ4n) is 5.41. The Balaban J connectivity index is 1.53. The topological polar surface area (TPSA) is 97.5 Å². The van der Waals surface area contributed by atoms with Crippen LogP contribution in [0.3, 0.4) is 0 Å². The highest BCUT2D eigenvalue weighted by atomic mass is 19.1. The highest BCUT2D eigenvalue weighted by Crippen LogP contribution is 2.19. The fourth-order valence-corrected chi connectivity index (χ4v) is 5.41. The lowest BCUT2D eigenvalue weighted by atomic mass is 10.0. The first kappa shape index (κ1) is 34.4. The second kappa shape index (κ2) is 16.7. The lowest BCUT2D eigenvalue weighted by molar-refractivity contribution is 0.0238. The third-order valence-electron chi connectivity index (χ3n) is 7.53. The van der Waals surface area contributed by atoms with E-state index in [9.17, 15) is 18.4 Å². The van der Waals surface area contributed by atoms with Crippen molar-refractivity contribution in [2.45, 2.75) is 58.7 Å². The summed E-state index contributed by atoms with van der Waals surface area (Å²) in [6.45, 7) is 7.72. The number of rotatable bonds is 15. The molecule has 0 bridgehead atoms. The quantitative estimate of drug-likeness (QED) is 0.146. The molecule has 242 valence electrons. The normalized spacial score (nSPS) is 12.4. The minimum Gasteiger partial charge on any atom is -0.456 e. The summed E-state index contributed by atoms with van der Waals surface area (Å²) in [5.74, 6) is -2.20. The number of carbonyl (C=O) groups is 2. The van der Waals surface area contributed by atoms with Gasteiger partial charge in [-0.3, -0.25) is 9.78 Å². The third-order valence-corrected chi connectivity index (χ3v) is 7.53. The van der Waals surface area contributed by atoms with Gasteiger partial charge in [-0.05, 0) is 91.4 Å². The number of hydrogen-bond acceptors (Lipinski definition) is 6. The van der Waals surface area contributed by atoms with Gasteiger partial charge in [-0.25, -0.2) is 13.6 Å². The number of aryl methyl sites for hydroxylation is 1. The van der Waals surface area contributed by atoms with Crippen molar-refractivity contribution in [1.29, 1.82) is 0 Å². The Morgan fingerprint density at radius 3 is 2.28 bits per heavy atom. The second-order valence-electron chi connectivity index (χ2n) is 11.5. The maximum Gasteiger partial charge on any atom is 0.338 e. The van der Waals surface area contributed by atoms with Gasteiger partial charge in [0.25, 0.3) is 5.91 Å². The van der Waals surface area contributed by atoms with Gasteiger partial charge in [0, 0.05) is 55.6 Å². The van der Waals surface area contributed by atoms with Crippen LogP contribution in [0, 0.1) is 18.6 Å². The first-order valence-corrected chi connectivity index (χ1v) is 15.7. The minimum atomic E-state index is -0.853. The monoisotopic (exact) mass is 628 g/mol. The smallest absolute Gasteiger partial charge is 0.338 e. The van der Waals surface area contributed by atoms with Crippen molar-refractivity contribution >= 4 is 11.9 Å². The average Bonchev–Trinajstić information content (AvgIpc) is 3.03. The molecule has 46 heavy (non-hydrogen) atoms. The van der Waals surface area contributed by atoms with Gasteiger partial charge in [0.05, 0.1) is 11.3 Å². The van der Waals surface area contributed by atoms with Gasteiger partial charge in [-0.2, -0.15) is 0 Å². The van der Waals surface area contributed by atoms with Crippen LogP contribution in [0.2, 0.25) is 0 Å². The van der Waals surface area contributed by atoms with Gasteiger partial charge in [0.1, 0.15) is 17.7 Å². The molecule has 4 aromatic rings. The molecule has 0 saturated heterocycles. The Bertz CT molecular complexity index is 1590. The van der Waals surface area contributed by atoms with Crippen molar-refractivity contribution < 1.29 is 23.1 Å². The molecule has 0 fully saturated rings. The molecule has 0 spiro atoms. The lowest BCUT2D eigenvalue weighted by Crippen LogP contribution is -2.46. The fraction of sp³-hybridized carbons (Fsp3) is 0.324. The number of nitrogens with zero attached hydrogens (tertiary/aromatic N) is 2. The highest BCUT2D eigenvalue weighted by Gasteiger charge is 2.25. The summed E-state index contributed by atoms with van der Waals surface area (Å²) in [5.41, 5.74) is 11.1. The number of benzene rings is 3. The molecule has 1 aromatic heterocycles. The number of pyridine rings is 1. The number of hydrogen-bond donors (Lipinski definition) is 2. The molecular weight excluding hydrogens is 586 g/mol. The molecule has 7 nitrogen and oxygen atoms in total. The molecule has 2 unspecified atom stereocenters. The third kappa shape index (κ3) is 9.76. The van der Waals surface area contributed by atoms with E-state index in [4.69, 9.17) is 10.5 Å². The van der Waals surface area contributed by atoms with Crippen LogP contribution in [0.5, 0.6) is 0 Å². The number of aromatic nitrogens is 1. The zero-order valence-corrected chi connectivity index (χ0v) is 26.6. The van der Waals surface area contributed by atoms with E-state index in [1.807, 2.05) is 63.2 Å². The van der Waals surface area contributed by atoms with Crippen LogP contribution in [0.4, 0.5) is 8.78 Å². The largest absolute Gasteiger partial charge is 0.456 e. The number of nitrogens with two attached hydrogens (primary N) is 1. The number of esters is 1. The van der Waals surface area contributed by atoms with Crippen molar-refractivity contribution in [2.75, 3.05) is 19.6 Å². The van der Waals surface area contributed by atoms with E-state index < -0.39 is 29.7 Å². The van der Waals surface area contributed by atoms with E-state index in [-0.39, 0.29) is 24.4 Å². The highest BCUT2D eigenvalue weighted by molar-refractivity contribution is 5.98. The average molecular weight is 629 g/mol. The van der Waals surface area contributed by atoms with Crippen LogP contribution < -0.4 is 11.1 Å². The van der Waals surface area contributed by atoms with Crippen molar-refractivity contribution in [2.24, 2.45) is 5.73 Å². The lowest BCUT2D eigenvalue weighted by Gasteiger charge is -2.25. The van der Waals surface area contributed by atoms with E-state index in [2.05, 4.69) is 10.3 Å². The van der Waals surface area contributed by atoms with E-state index >= 15 is 0 Å². The van der Waals surface area contributed by atoms with Crippen LogP contribution in [-0.2, 0) is 17.7 Å². The molecular formula is C37H42F2N4O3. The predicted octanol–water partition coefficient (Wildman–Crippen LogP) is 6.48. The zero-order chi connectivity index (χ0) is 33.1. The van der Waals surface area contributed by atoms with Gasteiger partial charge in [0.2, 0.25) is 0 Å². The number of nitrogens with one attached hydrogen (secondary N) is 1. The summed E-state index contributed by atoms with van der Waals surface area (Å²) in [6, 6.07) is 21.1. The van der Waals surface area contributed by atoms with E-state index in [0.29, 0.717) is 30.8 Å². The molecule has 0 aliphatic carbocycles. The van der Waals surface area contributed by atoms with E-state index in [0.717, 1.165) is 41.3 Å². The van der Waals surface area contributed by atoms with Crippen LogP contribution in [0.15, 0.2) is 85.1 Å².